The molecule has 2 N–H and O–H groups in total. The molecule has 4 aromatic rings. The zero-order chi connectivity index (χ0) is 21.0. The predicted octanol–water partition coefficient (Wildman–Crippen LogP) is 3.50. The molecule has 0 fully saturated rings. The average Bonchev–Trinajstić information content (AvgIpc) is 3.20. The second-order valence-corrected chi connectivity index (χ2v) is 6.86. The first-order valence-corrected chi connectivity index (χ1v) is 9.16. The van der Waals surface area contributed by atoms with E-state index in [1.165, 1.54) is 0 Å². The maximum absolute atomic E-state index is 12.3. The first-order valence-electron chi connectivity index (χ1n) is 9.16. The number of benzene rings is 2. The molecule has 0 saturated heterocycles. The second-order valence-electron chi connectivity index (χ2n) is 6.86. The molecule has 4 rings (SSSR count). The van der Waals surface area contributed by atoms with Gasteiger partial charge in [-0.2, -0.15) is 0 Å². The molecule has 0 aliphatic heterocycles. The minimum absolute atomic E-state index is 0.0226. The van der Waals surface area contributed by atoms with Crippen molar-refractivity contribution in [2.45, 2.75) is 26.8 Å². The number of carbonyl (C=O) groups excluding carboxylic acids is 1. The summed E-state index contributed by atoms with van der Waals surface area (Å²) in [6.07, 6.45) is 1.98. The van der Waals surface area contributed by atoms with Crippen LogP contribution in [0, 0.1) is 13.8 Å². The van der Waals surface area contributed by atoms with Gasteiger partial charge in [0.2, 0.25) is 5.91 Å². The van der Waals surface area contributed by atoms with Crippen molar-refractivity contribution < 1.29 is 19.1 Å². The van der Waals surface area contributed by atoms with Crippen LogP contribution in [0.25, 0.3) is 22.0 Å². The molecule has 29 heavy (non-hydrogen) atoms. The van der Waals surface area contributed by atoms with E-state index in [2.05, 4.69) is 14.9 Å². The summed E-state index contributed by atoms with van der Waals surface area (Å²) < 4.78 is 7.62. The van der Waals surface area contributed by atoms with E-state index in [0.29, 0.717) is 13.0 Å². The number of carbonyl (C=O) groups is 2. The molecule has 0 aliphatic carbocycles. The fourth-order valence-electron chi connectivity index (χ4n) is 3.24. The number of fused-ring (bicyclic) bond motifs is 2. The zero-order valence-electron chi connectivity index (χ0n) is 16.6. The van der Waals surface area contributed by atoms with Crippen LogP contribution in [-0.4, -0.2) is 27.0 Å². The highest BCUT2D eigenvalue weighted by Crippen LogP contribution is 2.23. The highest BCUT2D eigenvalue weighted by Gasteiger charge is 2.11. The summed E-state index contributed by atoms with van der Waals surface area (Å²) in [6, 6.07) is 12.1. The fraction of sp³-hybridized carbons (Fsp3) is 0.227. The summed E-state index contributed by atoms with van der Waals surface area (Å²) in [4.78, 5) is 25.2. The predicted molar refractivity (Wildman–Crippen MR) is 111 cm³/mol. The van der Waals surface area contributed by atoms with Crippen LogP contribution in [0.1, 0.15) is 22.5 Å². The van der Waals surface area contributed by atoms with Crippen LogP contribution in [0.4, 0.5) is 0 Å². The monoisotopic (exact) mass is 393 g/mol. The Labute approximate surface area is 168 Å². The zero-order valence-corrected chi connectivity index (χ0v) is 16.6. The van der Waals surface area contributed by atoms with Crippen LogP contribution in [0.2, 0.25) is 0 Å². The van der Waals surface area contributed by atoms with Gasteiger partial charge in [-0.05, 0) is 43.2 Å². The van der Waals surface area contributed by atoms with Gasteiger partial charge in [0, 0.05) is 24.5 Å². The van der Waals surface area contributed by atoms with E-state index in [9.17, 15) is 4.79 Å². The van der Waals surface area contributed by atoms with Crippen molar-refractivity contribution in [3.8, 4) is 0 Å². The SMILES string of the molecule is Cc1ccc2c(CC(=O)NCc3ccc4c(c3)nc(C)n4C)coc2c1.O=CO. The van der Waals surface area contributed by atoms with Crippen molar-refractivity contribution in [3.05, 3.63) is 65.2 Å². The summed E-state index contributed by atoms with van der Waals surface area (Å²) in [7, 11) is 2.00. The van der Waals surface area contributed by atoms with Gasteiger partial charge in [-0.15, -0.1) is 0 Å². The number of imidazole rings is 1. The standard InChI is InChI=1S/C21H21N3O2.CH2O2/c1-13-4-6-17-16(12-26-20(17)8-13)10-21(25)22-11-15-5-7-19-18(9-15)23-14(2)24(19)3;2-1-3/h4-9,12H,10-11H2,1-3H3,(H,22,25);1H,(H,2,3). The molecule has 0 unspecified atom stereocenters. The van der Waals surface area contributed by atoms with Gasteiger partial charge in [0.1, 0.15) is 11.4 Å². The molecule has 0 radical (unpaired) electrons. The van der Waals surface area contributed by atoms with Crippen LogP contribution in [-0.2, 0) is 29.6 Å². The number of aryl methyl sites for hydroxylation is 3. The van der Waals surface area contributed by atoms with E-state index in [-0.39, 0.29) is 12.4 Å². The molecule has 150 valence electrons. The third-order valence-corrected chi connectivity index (χ3v) is 4.82. The Morgan fingerprint density at radius 3 is 2.76 bits per heavy atom. The van der Waals surface area contributed by atoms with Crippen LogP contribution >= 0.6 is 0 Å². The van der Waals surface area contributed by atoms with Crippen molar-refractivity contribution >= 4 is 34.4 Å². The van der Waals surface area contributed by atoms with Crippen molar-refractivity contribution in [1.29, 1.82) is 0 Å². The summed E-state index contributed by atoms with van der Waals surface area (Å²) in [5.74, 6) is 0.953. The smallest absolute Gasteiger partial charge is 0.290 e. The lowest BCUT2D eigenvalue weighted by Gasteiger charge is -2.05. The third kappa shape index (κ3) is 4.45. The van der Waals surface area contributed by atoms with Gasteiger partial charge >= 0.3 is 0 Å². The molecule has 0 atom stereocenters. The number of amides is 1. The Kier molecular flexibility index (Phi) is 5.97. The topological polar surface area (TPSA) is 97.4 Å². The summed E-state index contributed by atoms with van der Waals surface area (Å²) in [6.45, 7) is 4.24. The van der Waals surface area contributed by atoms with Gasteiger partial charge in [0.15, 0.2) is 0 Å². The van der Waals surface area contributed by atoms with E-state index >= 15 is 0 Å². The van der Waals surface area contributed by atoms with Crippen LogP contribution in [0.15, 0.2) is 47.1 Å². The Hall–Kier alpha value is -3.61. The number of aromatic nitrogens is 2. The van der Waals surface area contributed by atoms with Crippen molar-refractivity contribution in [2.75, 3.05) is 0 Å². The molecule has 2 aromatic carbocycles. The van der Waals surface area contributed by atoms with E-state index in [0.717, 1.165) is 44.5 Å². The molecule has 1 amide bonds. The van der Waals surface area contributed by atoms with Crippen LogP contribution in [0.5, 0.6) is 0 Å². The van der Waals surface area contributed by atoms with Gasteiger partial charge in [-0.1, -0.05) is 18.2 Å². The van der Waals surface area contributed by atoms with Gasteiger partial charge in [-0.3, -0.25) is 9.59 Å². The molecule has 7 heteroatoms. The number of carboxylic acid groups (broad SMARTS) is 1. The maximum atomic E-state index is 12.3. The molecule has 0 aliphatic rings. The third-order valence-electron chi connectivity index (χ3n) is 4.82. The normalized spacial score (nSPS) is 10.6. The van der Waals surface area contributed by atoms with Crippen LogP contribution in [0.3, 0.4) is 0 Å². The quantitative estimate of drug-likeness (QED) is 0.517. The fourth-order valence-corrected chi connectivity index (χ4v) is 3.24. The van der Waals surface area contributed by atoms with Gasteiger partial charge in [0.05, 0.1) is 23.7 Å². The summed E-state index contributed by atoms with van der Waals surface area (Å²) >= 11 is 0. The lowest BCUT2D eigenvalue weighted by molar-refractivity contribution is -0.123. The Balaban J connectivity index is 0.000000755. The number of hydrogen-bond donors (Lipinski definition) is 2. The molecule has 7 nitrogen and oxygen atoms in total. The average molecular weight is 393 g/mol. The molecule has 0 bridgehead atoms. The van der Waals surface area contributed by atoms with Gasteiger partial charge in [0.25, 0.3) is 6.47 Å². The van der Waals surface area contributed by atoms with Crippen molar-refractivity contribution in [2.24, 2.45) is 7.05 Å². The first-order chi connectivity index (χ1) is 13.9. The first kappa shape index (κ1) is 20.1. The molecular weight excluding hydrogens is 370 g/mol. The van der Waals surface area contributed by atoms with Crippen molar-refractivity contribution in [3.63, 3.8) is 0 Å². The Morgan fingerprint density at radius 1 is 1.24 bits per heavy atom. The van der Waals surface area contributed by atoms with Crippen molar-refractivity contribution in [1.82, 2.24) is 14.9 Å². The minimum atomic E-state index is -0.250. The molecular formula is C22H23N3O4. The Bertz CT molecular complexity index is 1170. The second kappa shape index (κ2) is 8.60. The molecule has 2 heterocycles. The summed E-state index contributed by atoms with van der Waals surface area (Å²) in [5, 5.41) is 10.9. The number of furan rings is 1. The number of hydrogen-bond acceptors (Lipinski definition) is 4. The Morgan fingerprint density at radius 2 is 2.00 bits per heavy atom. The number of nitrogens with one attached hydrogen (secondary N) is 1. The molecule has 0 spiro atoms. The van der Waals surface area contributed by atoms with Gasteiger partial charge < -0.3 is 19.4 Å². The van der Waals surface area contributed by atoms with E-state index < -0.39 is 0 Å². The summed E-state index contributed by atoms with van der Waals surface area (Å²) in [5.41, 5.74) is 5.96. The van der Waals surface area contributed by atoms with Gasteiger partial charge in [-0.25, -0.2) is 4.98 Å². The largest absolute Gasteiger partial charge is 0.483 e. The highest BCUT2D eigenvalue weighted by atomic mass is 16.3. The lowest BCUT2D eigenvalue weighted by Crippen LogP contribution is -2.24. The van der Waals surface area contributed by atoms with E-state index in [4.69, 9.17) is 14.3 Å². The molecule has 0 saturated carbocycles. The number of nitrogens with zero attached hydrogens (tertiary/aromatic N) is 2. The van der Waals surface area contributed by atoms with E-state index in [1.54, 1.807) is 6.26 Å². The molecule has 2 aromatic heterocycles. The number of rotatable bonds is 4. The van der Waals surface area contributed by atoms with Crippen LogP contribution < -0.4 is 5.32 Å². The lowest BCUT2D eigenvalue weighted by atomic mass is 10.1. The van der Waals surface area contributed by atoms with E-state index in [1.807, 2.05) is 57.3 Å². The maximum Gasteiger partial charge on any atom is 0.290 e. The highest BCUT2D eigenvalue weighted by molar-refractivity contribution is 5.88. The minimum Gasteiger partial charge on any atom is -0.483 e.